The molecule has 9 nitrogen and oxygen atoms in total. The van der Waals surface area contributed by atoms with Gasteiger partial charge in [0.1, 0.15) is 16.2 Å². The Labute approximate surface area is 192 Å². The van der Waals surface area contributed by atoms with Gasteiger partial charge in [-0.05, 0) is 24.0 Å². The number of para-hydroxylation sites is 1. The van der Waals surface area contributed by atoms with Crippen LogP contribution in [0.15, 0.2) is 80.0 Å². The fraction of sp³-hybridized carbons (Fsp3) is 0.0909. The van der Waals surface area contributed by atoms with Crippen molar-refractivity contribution in [3.8, 4) is 5.75 Å². The van der Waals surface area contributed by atoms with Crippen molar-refractivity contribution < 1.29 is 13.5 Å². The number of sulfonamides is 1. The Hall–Kier alpha value is -3.70. The van der Waals surface area contributed by atoms with E-state index >= 15 is 0 Å². The van der Waals surface area contributed by atoms with Gasteiger partial charge < -0.3 is 10.4 Å². The number of amidine groups is 1. The van der Waals surface area contributed by atoms with Crippen LogP contribution < -0.4 is 10.9 Å². The van der Waals surface area contributed by atoms with E-state index in [0.29, 0.717) is 5.16 Å². The topological polar surface area (TPSA) is 127 Å². The molecule has 2 N–H and O–H groups in total. The van der Waals surface area contributed by atoms with Crippen LogP contribution in [0.4, 0.5) is 5.69 Å². The maximum absolute atomic E-state index is 13.7. The Morgan fingerprint density at radius 1 is 1.09 bits per heavy atom. The molecule has 0 spiro atoms. The Morgan fingerprint density at radius 3 is 2.58 bits per heavy atom. The predicted molar refractivity (Wildman–Crippen MR) is 127 cm³/mol. The summed E-state index contributed by atoms with van der Waals surface area (Å²) < 4.78 is 30.7. The molecule has 0 aliphatic carbocycles. The number of rotatable bonds is 4. The van der Waals surface area contributed by atoms with E-state index in [2.05, 4.69) is 19.7 Å². The molecule has 0 bridgehead atoms. The molecule has 0 amide bonds. The fourth-order valence-electron chi connectivity index (χ4n) is 3.64. The molecule has 0 fully saturated rings. The van der Waals surface area contributed by atoms with Crippen LogP contribution in [0.25, 0.3) is 11.0 Å². The highest BCUT2D eigenvalue weighted by Crippen LogP contribution is 2.32. The molecule has 3 heterocycles. The summed E-state index contributed by atoms with van der Waals surface area (Å²) in [6.07, 6.45) is 3.22. The highest BCUT2D eigenvalue weighted by Gasteiger charge is 2.30. The smallest absolute Gasteiger partial charge is 0.286 e. The van der Waals surface area contributed by atoms with E-state index in [4.69, 9.17) is 0 Å². The minimum Gasteiger partial charge on any atom is -0.506 e. The third-order valence-corrected chi connectivity index (χ3v) is 7.08. The van der Waals surface area contributed by atoms with E-state index in [1.165, 1.54) is 28.6 Å². The third-order valence-electron chi connectivity index (χ3n) is 5.19. The summed E-state index contributed by atoms with van der Waals surface area (Å²) in [6, 6.07) is 15.5. The first-order valence-corrected chi connectivity index (χ1v) is 12.5. The van der Waals surface area contributed by atoms with Gasteiger partial charge in [-0.3, -0.25) is 9.36 Å². The Kier molecular flexibility index (Phi) is 5.14. The number of thioether (sulfide) groups is 1. The monoisotopic (exact) mass is 479 g/mol. The summed E-state index contributed by atoms with van der Waals surface area (Å²) in [5.41, 5.74) is 0.444. The van der Waals surface area contributed by atoms with E-state index < -0.39 is 21.3 Å². The Bertz CT molecular complexity index is 1600. The quantitative estimate of drug-likeness (QED) is 0.338. The average molecular weight is 480 g/mol. The molecule has 166 valence electrons. The molecule has 0 saturated carbocycles. The van der Waals surface area contributed by atoms with Crippen molar-refractivity contribution in [2.75, 3.05) is 11.6 Å². The molecule has 0 unspecified atom stereocenters. The van der Waals surface area contributed by atoms with Gasteiger partial charge in [0, 0.05) is 6.20 Å². The second kappa shape index (κ2) is 8.01. The van der Waals surface area contributed by atoms with E-state index in [1.807, 2.05) is 30.3 Å². The molecular weight excluding hydrogens is 462 g/mol. The number of hydrogen-bond acceptors (Lipinski definition) is 8. The third kappa shape index (κ3) is 3.64. The van der Waals surface area contributed by atoms with Gasteiger partial charge in [-0.15, -0.1) is 4.40 Å². The van der Waals surface area contributed by atoms with Crippen LogP contribution >= 0.6 is 11.8 Å². The number of nitrogens with one attached hydrogen (secondary N) is 1. The van der Waals surface area contributed by atoms with Gasteiger partial charge >= 0.3 is 0 Å². The van der Waals surface area contributed by atoms with E-state index in [-0.39, 0.29) is 39.6 Å². The molecule has 2 aromatic carbocycles. The van der Waals surface area contributed by atoms with E-state index in [0.717, 1.165) is 5.56 Å². The zero-order valence-electron chi connectivity index (χ0n) is 17.3. The zero-order valence-corrected chi connectivity index (χ0v) is 18.9. The maximum atomic E-state index is 13.7. The summed E-state index contributed by atoms with van der Waals surface area (Å²) in [5.74, 6) is -0.693. The summed E-state index contributed by atoms with van der Waals surface area (Å²) in [6.45, 7) is 0.158. The lowest BCUT2D eigenvalue weighted by atomic mass is 10.1. The fourth-order valence-corrected chi connectivity index (χ4v) is 5.10. The molecule has 1 aliphatic rings. The normalized spacial score (nSPS) is 14.4. The molecule has 0 atom stereocenters. The zero-order chi connectivity index (χ0) is 23.2. The highest BCUT2D eigenvalue weighted by atomic mass is 32.2. The van der Waals surface area contributed by atoms with Crippen molar-refractivity contribution in [3.05, 3.63) is 82.3 Å². The van der Waals surface area contributed by atoms with Crippen molar-refractivity contribution >= 4 is 44.3 Å². The van der Waals surface area contributed by atoms with Gasteiger partial charge in [-0.1, -0.05) is 54.2 Å². The average Bonchev–Trinajstić information content (AvgIpc) is 2.82. The Morgan fingerprint density at radius 2 is 1.82 bits per heavy atom. The van der Waals surface area contributed by atoms with Crippen LogP contribution in [0, 0.1) is 0 Å². The minimum absolute atomic E-state index is 0.00779. The number of hydrogen-bond donors (Lipinski definition) is 2. The first kappa shape index (κ1) is 21.2. The number of anilines is 1. The standard InChI is InChI=1S/C22H17N5O4S2/c1-32-22-23-11-14-18(28)17(19-24-15-9-5-6-10-16(15)33(30,31)26-19)21(29)27(20(14)25-22)12-13-7-3-2-4-8-13/h2-11,28H,12H2,1H3,(H,24,26). The van der Waals surface area contributed by atoms with Gasteiger partial charge in [-0.2, -0.15) is 8.42 Å². The van der Waals surface area contributed by atoms with Crippen LogP contribution in [0.5, 0.6) is 5.75 Å². The van der Waals surface area contributed by atoms with Crippen molar-refractivity contribution in [2.45, 2.75) is 16.6 Å². The molecule has 2 aromatic heterocycles. The van der Waals surface area contributed by atoms with Gasteiger partial charge in [-0.25, -0.2) is 9.97 Å². The molecule has 0 radical (unpaired) electrons. The summed E-state index contributed by atoms with van der Waals surface area (Å²) in [4.78, 5) is 22.3. The molecule has 11 heteroatoms. The molecule has 4 aromatic rings. The maximum Gasteiger partial charge on any atom is 0.286 e. The molecular formula is C22H17N5O4S2. The number of aromatic hydroxyl groups is 1. The van der Waals surface area contributed by atoms with Crippen molar-refractivity contribution in [1.82, 2.24) is 14.5 Å². The lowest BCUT2D eigenvalue weighted by molar-refractivity contribution is 0.477. The van der Waals surface area contributed by atoms with Crippen LogP contribution in [0.1, 0.15) is 11.1 Å². The molecule has 33 heavy (non-hydrogen) atoms. The molecule has 5 rings (SSSR count). The largest absolute Gasteiger partial charge is 0.506 e. The summed E-state index contributed by atoms with van der Waals surface area (Å²) in [7, 11) is -4.08. The Balaban J connectivity index is 1.79. The second-order valence-corrected chi connectivity index (χ2v) is 9.58. The van der Waals surface area contributed by atoms with Crippen LogP contribution in [-0.4, -0.2) is 40.2 Å². The molecule has 1 aliphatic heterocycles. The van der Waals surface area contributed by atoms with Crippen LogP contribution in [-0.2, 0) is 16.6 Å². The molecule has 0 saturated heterocycles. The second-order valence-electron chi connectivity index (χ2n) is 7.23. The van der Waals surface area contributed by atoms with Crippen LogP contribution in [0.2, 0.25) is 0 Å². The number of nitrogens with zero attached hydrogens (tertiary/aromatic N) is 4. The van der Waals surface area contributed by atoms with E-state index in [9.17, 15) is 18.3 Å². The highest BCUT2D eigenvalue weighted by molar-refractivity contribution is 7.98. The lowest BCUT2D eigenvalue weighted by Crippen LogP contribution is -2.33. The van der Waals surface area contributed by atoms with Crippen molar-refractivity contribution in [3.63, 3.8) is 0 Å². The predicted octanol–water partition coefficient (Wildman–Crippen LogP) is 2.83. The first-order valence-electron chi connectivity index (χ1n) is 9.81. The van der Waals surface area contributed by atoms with E-state index in [1.54, 1.807) is 24.5 Å². The van der Waals surface area contributed by atoms with Gasteiger partial charge in [0.05, 0.1) is 17.6 Å². The SMILES string of the molecule is CSc1ncc2c(O)c(C3=NS(=O)(=O)c4ccccc4N3)c(=O)n(Cc3ccccc3)c2n1. The first-order chi connectivity index (χ1) is 15.9. The van der Waals surface area contributed by atoms with Gasteiger partial charge in [0.15, 0.2) is 16.6 Å². The van der Waals surface area contributed by atoms with Crippen LogP contribution in [0.3, 0.4) is 0 Å². The van der Waals surface area contributed by atoms with Crippen molar-refractivity contribution in [1.29, 1.82) is 0 Å². The number of benzene rings is 2. The summed E-state index contributed by atoms with van der Waals surface area (Å²) >= 11 is 1.30. The number of pyridine rings is 1. The minimum atomic E-state index is -4.08. The van der Waals surface area contributed by atoms with Gasteiger partial charge in [0.2, 0.25) is 0 Å². The summed E-state index contributed by atoms with van der Waals surface area (Å²) in [5, 5.41) is 14.6. The van der Waals surface area contributed by atoms with Gasteiger partial charge in [0.25, 0.3) is 15.6 Å². The number of fused-ring (bicyclic) bond motifs is 2. The van der Waals surface area contributed by atoms with Crippen molar-refractivity contribution in [2.24, 2.45) is 4.40 Å². The number of aromatic nitrogens is 3. The lowest BCUT2D eigenvalue weighted by Gasteiger charge is -2.20.